The molecule has 0 fully saturated rings. The van der Waals surface area contributed by atoms with Gasteiger partial charge in [0.1, 0.15) is 0 Å². The fraction of sp³-hybridized carbons (Fsp3) is 0.250. The molecular weight excluding hydrogens is 204 g/mol. The molecule has 2 amide bonds. The smallest absolute Gasteiger partial charge is 0.261 e. The number of nitriles is 1. The van der Waals surface area contributed by atoms with Crippen molar-refractivity contribution in [3.8, 4) is 6.07 Å². The van der Waals surface area contributed by atoms with Crippen molar-refractivity contribution in [1.29, 1.82) is 5.26 Å². The van der Waals surface area contributed by atoms with E-state index < -0.39 is 0 Å². The fourth-order valence-corrected chi connectivity index (χ4v) is 1.77. The zero-order chi connectivity index (χ0) is 11.7. The van der Waals surface area contributed by atoms with Crippen LogP contribution in [0.5, 0.6) is 0 Å². The van der Waals surface area contributed by atoms with Gasteiger partial charge in [0.25, 0.3) is 11.8 Å². The molecule has 1 aromatic rings. The van der Waals surface area contributed by atoms with Gasteiger partial charge < -0.3 is 0 Å². The number of amides is 2. The zero-order valence-electron chi connectivity index (χ0n) is 8.86. The Balaban J connectivity index is 2.37. The Morgan fingerprint density at radius 2 is 1.94 bits per heavy atom. The van der Waals surface area contributed by atoms with E-state index in [-0.39, 0.29) is 24.8 Å². The monoisotopic (exact) mass is 214 g/mol. The number of nitrogens with zero attached hydrogens (tertiary/aromatic N) is 2. The van der Waals surface area contributed by atoms with Crippen LogP contribution in [-0.4, -0.2) is 23.3 Å². The number of hydrogen-bond donors (Lipinski definition) is 0. The number of fused-ring (bicyclic) bond motifs is 1. The maximum Gasteiger partial charge on any atom is 0.261 e. The molecule has 1 heterocycles. The second-order valence-corrected chi connectivity index (χ2v) is 3.72. The minimum absolute atomic E-state index is 0.169. The van der Waals surface area contributed by atoms with Crippen molar-refractivity contribution >= 4 is 11.8 Å². The van der Waals surface area contributed by atoms with Crippen molar-refractivity contribution < 1.29 is 9.59 Å². The van der Waals surface area contributed by atoms with Gasteiger partial charge in [-0.1, -0.05) is 11.6 Å². The molecule has 0 aliphatic carbocycles. The second-order valence-electron chi connectivity index (χ2n) is 3.72. The lowest BCUT2D eigenvalue weighted by atomic mass is 10.1. The molecule has 0 atom stereocenters. The Kier molecular flexibility index (Phi) is 2.45. The summed E-state index contributed by atoms with van der Waals surface area (Å²) in [5, 5.41) is 8.46. The van der Waals surface area contributed by atoms with E-state index in [1.54, 1.807) is 18.2 Å². The molecule has 0 radical (unpaired) electrons. The Morgan fingerprint density at radius 1 is 1.25 bits per heavy atom. The summed E-state index contributed by atoms with van der Waals surface area (Å²) in [6, 6.07) is 7.11. The maximum atomic E-state index is 11.9. The van der Waals surface area contributed by atoms with Crippen molar-refractivity contribution in [3.63, 3.8) is 0 Å². The molecular formula is C12H10N2O2. The van der Waals surface area contributed by atoms with Gasteiger partial charge in [0, 0.05) is 6.54 Å². The highest BCUT2D eigenvalue weighted by Crippen LogP contribution is 2.23. The minimum atomic E-state index is -0.296. The molecule has 1 aliphatic rings. The van der Waals surface area contributed by atoms with Crippen molar-refractivity contribution in [3.05, 3.63) is 34.9 Å². The summed E-state index contributed by atoms with van der Waals surface area (Å²) in [7, 11) is 0. The lowest BCUT2D eigenvalue weighted by molar-refractivity contribution is 0.0657. The summed E-state index contributed by atoms with van der Waals surface area (Å²) in [5.74, 6) is -0.589. The van der Waals surface area contributed by atoms with Gasteiger partial charge in [-0.15, -0.1) is 0 Å². The highest BCUT2D eigenvalue weighted by atomic mass is 16.2. The Bertz CT molecular complexity index is 514. The number of imide groups is 1. The largest absolute Gasteiger partial charge is 0.273 e. The van der Waals surface area contributed by atoms with Crippen LogP contribution in [0.25, 0.3) is 0 Å². The summed E-state index contributed by atoms with van der Waals surface area (Å²) in [6.07, 6.45) is 0.171. The van der Waals surface area contributed by atoms with Crippen LogP contribution in [0.1, 0.15) is 32.7 Å². The van der Waals surface area contributed by atoms with Crippen LogP contribution in [-0.2, 0) is 0 Å². The summed E-state index contributed by atoms with van der Waals surface area (Å²) in [5.41, 5.74) is 1.83. The molecule has 4 heteroatoms. The SMILES string of the molecule is Cc1ccc2c(c1)C(=O)N(CCC#N)C2=O. The van der Waals surface area contributed by atoms with Crippen LogP contribution in [0.3, 0.4) is 0 Å². The summed E-state index contributed by atoms with van der Waals surface area (Å²) in [4.78, 5) is 24.8. The predicted octanol–water partition coefficient (Wildman–Crippen LogP) is 1.50. The van der Waals surface area contributed by atoms with Crippen molar-refractivity contribution in [2.45, 2.75) is 13.3 Å². The quantitative estimate of drug-likeness (QED) is 0.701. The highest BCUT2D eigenvalue weighted by molar-refractivity contribution is 6.21. The average Bonchev–Trinajstić information content (AvgIpc) is 2.50. The minimum Gasteiger partial charge on any atom is -0.273 e. The van der Waals surface area contributed by atoms with E-state index in [2.05, 4.69) is 0 Å². The number of benzene rings is 1. The first-order valence-corrected chi connectivity index (χ1v) is 4.99. The number of carbonyl (C=O) groups excluding carboxylic acids is 2. The second kappa shape index (κ2) is 3.78. The van der Waals surface area contributed by atoms with Crippen LogP contribution in [0.2, 0.25) is 0 Å². The molecule has 0 saturated carbocycles. The van der Waals surface area contributed by atoms with Crippen LogP contribution in [0.15, 0.2) is 18.2 Å². The van der Waals surface area contributed by atoms with Gasteiger partial charge >= 0.3 is 0 Å². The lowest BCUT2D eigenvalue weighted by Gasteiger charge is -2.10. The molecule has 0 unspecified atom stereocenters. The van der Waals surface area contributed by atoms with E-state index in [9.17, 15) is 9.59 Å². The van der Waals surface area contributed by atoms with Crippen molar-refractivity contribution in [2.75, 3.05) is 6.54 Å². The molecule has 80 valence electrons. The van der Waals surface area contributed by atoms with Crippen LogP contribution in [0, 0.1) is 18.3 Å². The lowest BCUT2D eigenvalue weighted by Crippen LogP contribution is -2.30. The third-order valence-electron chi connectivity index (χ3n) is 2.57. The van der Waals surface area contributed by atoms with E-state index in [0.29, 0.717) is 11.1 Å². The molecule has 0 aromatic heterocycles. The van der Waals surface area contributed by atoms with Crippen molar-refractivity contribution in [1.82, 2.24) is 4.90 Å². The average molecular weight is 214 g/mol. The molecule has 4 nitrogen and oxygen atoms in total. The first kappa shape index (κ1) is 10.4. The molecule has 0 saturated heterocycles. The first-order chi connectivity index (χ1) is 7.65. The molecule has 2 rings (SSSR count). The van der Waals surface area contributed by atoms with Gasteiger partial charge in [-0.2, -0.15) is 5.26 Å². The predicted molar refractivity (Wildman–Crippen MR) is 56.8 cm³/mol. The van der Waals surface area contributed by atoms with Gasteiger partial charge in [-0.05, 0) is 19.1 Å². The summed E-state index contributed by atoms with van der Waals surface area (Å²) < 4.78 is 0. The molecule has 0 bridgehead atoms. The van der Waals surface area contributed by atoms with Gasteiger partial charge in [0.2, 0.25) is 0 Å². The highest BCUT2D eigenvalue weighted by Gasteiger charge is 2.34. The Labute approximate surface area is 93.1 Å². The van der Waals surface area contributed by atoms with Crippen LogP contribution in [0.4, 0.5) is 0 Å². The van der Waals surface area contributed by atoms with Gasteiger partial charge in [0.05, 0.1) is 23.6 Å². The van der Waals surface area contributed by atoms with Crippen molar-refractivity contribution in [2.24, 2.45) is 0 Å². The van der Waals surface area contributed by atoms with E-state index in [1.165, 1.54) is 0 Å². The first-order valence-electron chi connectivity index (χ1n) is 4.99. The Hall–Kier alpha value is -2.15. The normalized spacial score (nSPS) is 13.9. The number of hydrogen-bond acceptors (Lipinski definition) is 3. The van der Waals surface area contributed by atoms with Gasteiger partial charge in [-0.3, -0.25) is 14.5 Å². The van der Waals surface area contributed by atoms with Crippen LogP contribution >= 0.6 is 0 Å². The number of rotatable bonds is 2. The van der Waals surface area contributed by atoms with Gasteiger partial charge in [-0.25, -0.2) is 0 Å². The molecule has 16 heavy (non-hydrogen) atoms. The molecule has 0 N–H and O–H groups in total. The topological polar surface area (TPSA) is 61.2 Å². The molecule has 0 spiro atoms. The standard InChI is InChI=1S/C12H10N2O2/c1-8-3-4-9-10(7-8)12(16)14(11(9)15)6-2-5-13/h3-4,7H,2,6H2,1H3. The number of carbonyl (C=O) groups is 2. The maximum absolute atomic E-state index is 11.9. The summed E-state index contributed by atoms with van der Waals surface area (Å²) >= 11 is 0. The van der Waals surface area contributed by atoms with E-state index >= 15 is 0 Å². The van der Waals surface area contributed by atoms with E-state index in [1.807, 2.05) is 13.0 Å². The van der Waals surface area contributed by atoms with E-state index in [4.69, 9.17) is 5.26 Å². The van der Waals surface area contributed by atoms with E-state index in [0.717, 1.165) is 10.5 Å². The van der Waals surface area contributed by atoms with Crippen LogP contribution < -0.4 is 0 Å². The fourth-order valence-electron chi connectivity index (χ4n) is 1.77. The number of aryl methyl sites for hydroxylation is 1. The molecule has 1 aliphatic heterocycles. The van der Waals surface area contributed by atoms with Gasteiger partial charge in [0.15, 0.2) is 0 Å². The summed E-state index contributed by atoms with van der Waals surface area (Å²) in [6.45, 7) is 2.04. The third-order valence-corrected chi connectivity index (χ3v) is 2.57. The third kappa shape index (κ3) is 1.47. The zero-order valence-corrected chi connectivity index (χ0v) is 8.86. The molecule has 1 aromatic carbocycles. The Morgan fingerprint density at radius 3 is 2.62 bits per heavy atom.